The average Bonchev–Trinajstić information content (AvgIpc) is 2.48. The van der Waals surface area contributed by atoms with Crippen molar-refractivity contribution in [3.63, 3.8) is 0 Å². The lowest BCUT2D eigenvalue weighted by Gasteiger charge is -2.14. The predicted octanol–water partition coefficient (Wildman–Crippen LogP) is 4.13. The maximum Gasteiger partial charge on any atom is 0.319 e. The highest BCUT2D eigenvalue weighted by Gasteiger charge is 2.15. The van der Waals surface area contributed by atoms with Gasteiger partial charge in [0.05, 0.1) is 16.8 Å². The van der Waals surface area contributed by atoms with Crippen molar-refractivity contribution in [3.8, 4) is 0 Å². The van der Waals surface area contributed by atoms with Gasteiger partial charge in [-0.05, 0) is 24.3 Å². The number of amides is 2. The molecule has 3 N–H and O–H groups in total. The molecule has 23 heavy (non-hydrogen) atoms. The van der Waals surface area contributed by atoms with Gasteiger partial charge in [-0.2, -0.15) is 0 Å². The van der Waals surface area contributed by atoms with Gasteiger partial charge in [-0.15, -0.1) is 0 Å². The van der Waals surface area contributed by atoms with Gasteiger partial charge in [-0.1, -0.05) is 29.3 Å². The van der Waals surface area contributed by atoms with Gasteiger partial charge in [-0.25, -0.2) is 13.6 Å². The van der Waals surface area contributed by atoms with Gasteiger partial charge < -0.3 is 15.7 Å². The first-order valence-corrected chi connectivity index (χ1v) is 7.25. The number of anilines is 1. The number of hydrogen-bond acceptors (Lipinski definition) is 2. The number of aliphatic hydroxyl groups excluding tert-OH is 1. The van der Waals surface area contributed by atoms with Crippen LogP contribution < -0.4 is 10.6 Å². The van der Waals surface area contributed by atoms with Crippen LogP contribution in [0.4, 0.5) is 19.3 Å². The zero-order chi connectivity index (χ0) is 17.0. The minimum absolute atomic E-state index is 0.118. The Kier molecular flexibility index (Phi) is 5.76. The second kappa shape index (κ2) is 7.59. The van der Waals surface area contributed by atoms with E-state index in [1.165, 1.54) is 12.1 Å². The molecule has 0 fully saturated rings. The molecule has 0 aliphatic heterocycles. The second-order valence-electron chi connectivity index (χ2n) is 4.64. The van der Waals surface area contributed by atoms with E-state index in [1.807, 2.05) is 0 Å². The number of carbonyl (C=O) groups is 1. The molecule has 0 saturated heterocycles. The first kappa shape index (κ1) is 17.5. The monoisotopic (exact) mass is 360 g/mol. The molecule has 0 spiro atoms. The highest BCUT2D eigenvalue weighted by molar-refractivity contribution is 6.35. The molecule has 2 rings (SSSR count). The molecule has 0 aliphatic carbocycles. The Hall–Kier alpha value is -1.89. The number of halogens is 4. The summed E-state index contributed by atoms with van der Waals surface area (Å²) < 4.78 is 26.3. The second-order valence-corrected chi connectivity index (χ2v) is 5.48. The molecule has 0 bridgehead atoms. The van der Waals surface area contributed by atoms with Crippen molar-refractivity contribution in [3.05, 3.63) is 63.6 Å². The summed E-state index contributed by atoms with van der Waals surface area (Å²) in [5, 5.41) is 15.3. The van der Waals surface area contributed by atoms with E-state index in [2.05, 4.69) is 10.6 Å². The lowest BCUT2D eigenvalue weighted by atomic mass is 10.1. The smallest absolute Gasteiger partial charge is 0.319 e. The summed E-state index contributed by atoms with van der Waals surface area (Å²) in [5.74, 6) is -1.64. The fraction of sp³-hybridized carbons (Fsp3) is 0.133. The largest absolute Gasteiger partial charge is 0.386 e. The van der Waals surface area contributed by atoms with Crippen LogP contribution in [-0.4, -0.2) is 17.7 Å². The van der Waals surface area contributed by atoms with Gasteiger partial charge in [0, 0.05) is 23.2 Å². The topological polar surface area (TPSA) is 61.4 Å². The molecule has 0 aliphatic rings. The van der Waals surface area contributed by atoms with Gasteiger partial charge in [0.15, 0.2) is 0 Å². The number of hydrogen-bond donors (Lipinski definition) is 3. The van der Waals surface area contributed by atoms with Crippen LogP contribution in [0.2, 0.25) is 10.0 Å². The Balaban J connectivity index is 1.94. The van der Waals surface area contributed by atoms with Gasteiger partial charge in [0.1, 0.15) is 11.6 Å². The first-order valence-electron chi connectivity index (χ1n) is 6.49. The molecular formula is C15H12Cl2F2N2O2. The van der Waals surface area contributed by atoms with E-state index >= 15 is 0 Å². The molecule has 2 amide bonds. The van der Waals surface area contributed by atoms with Crippen molar-refractivity contribution in [2.24, 2.45) is 0 Å². The Labute approximate surface area is 141 Å². The molecule has 0 heterocycles. The van der Waals surface area contributed by atoms with Crippen LogP contribution in [0.1, 0.15) is 11.7 Å². The molecule has 2 aromatic carbocycles. The summed E-state index contributed by atoms with van der Waals surface area (Å²) in [5.41, 5.74) is 0.173. The molecule has 2 aromatic rings. The fourth-order valence-corrected chi connectivity index (χ4v) is 2.17. The minimum Gasteiger partial charge on any atom is -0.386 e. The molecule has 0 aromatic heterocycles. The Bertz CT molecular complexity index is 729. The van der Waals surface area contributed by atoms with Crippen LogP contribution in [0.25, 0.3) is 0 Å². The summed E-state index contributed by atoms with van der Waals surface area (Å²) in [4.78, 5) is 11.8. The third kappa shape index (κ3) is 4.79. The Morgan fingerprint density at radius 1 is 1.17 bits per heavy atom. The van der Waals surface area contributed by atoms with Crippen LogP contribution in [0, 0.1) is 11.6 Å². The summed E-state index contributed by atoms with van der Waals surface area (Å²) >= 11 is 11.7. The number of aliphatic hydroxyl groups is 1. The Morgan fingerprint density at radius 3 is 2.61 bits per heavy atom. The van der Waals surface area contributed by atoms with E-state index in [4.69, 9.17) is 23.2 Å². The summed E-state index contributed by atoms with van der Waals surface area (Å²) in [6, 6.07) is 6.67. The number of nitrogens with one attached hydrogen (secondary N) is 2. The van der Waals surface area contributed by atoms with Crippen molar-refractivity contribution in [1.29, 1.82) is 0 Å². The molecule has 4 nitrogen and oxygen atoms in total. The molecule has 0 radical (unpaired) electrons. The fourth-order valence-electron chi connectivity index (χ4n) is 1.83. The van der Waals surface area contributed by atoms with Gasteiger partial charge in [0.25, 0.3) is 0 Å². The summed E-state index contributed by atoms with van der Waals surface area (Å²) in [6.07, 6.45) is -1.32. The SMILES string of the molecule is O=C(NC[C@@H](O)c1ccc(F)cc1F)Nc1cc(Cl)ccc1Cl. The maximum absolute atomic E-state index is 13.5. The van der Waals surface area contributed by atoms with Crippen LogP contribution >= 0.6 is 23.2 Å². The predicted molar refractivity (Wildman–Crippen MR) is 84.8 cm³/mol. The van der Waals surface area contributed by atoms with E-state index in [9.17, 15) is 18.7 Å². The highest BCUT2D eigenvalue weighted by Crippen LogP contribution is 2.25. The van der Waals surface area contributed by atoms with Crippen LogP contribution in [0.3, 0.4) is 0 Å². The van der Waals surface area contributed by atoms with E-state index in [-0.39, 0.29) is 17.1 Å². The summed E-state index contributed by atoms with van der Waals surface area (Å²) in [6.45, 7) is -0.271. The van der Waals surface area contributed by atoms with E-state index in [0.29, 0.717) is 16.8 Å². The molecular weight excluding hydrogens is 349 g/mol. The first-order chi connectivity index (χ1) is 10.9. The van der Waals surface area contributed by atoms with Gasteiger partial charge in [-0.3, -0.25) is 0 Å². The highest BCUT2D eigenvalue weighted by atomic mass is 35.5. The van der Waals surface area contributed by atoms with Crippen molar-refractivity contribution in [1.82, 2.24) is 5.32 Å². The number of urea groups is 1. The normalized spacial score (nSPS) is 11.9. The Morgan fingerprint density at radius 2 is 1.91 bits per heavy atom. The van der Waals surface area contributed by atoms with Crippen molar-refractivity contribution < 1.29 is 18.7 Å². The standard InChI is InChI=1S/C15H12Cl2F2N2O2/c16-8-1-4-11(17)13(5-8)21-15(23)20-7-14(22)10-3-2-9(18)6-12(10)19/h1-6,14,22H,7H2,(H2,20,21,23)/t14-/m1/s1. The van der Waals surface area contributed by atoms with Crippen LogP contribution in [0.5, 0.6) is 0 Å². The number of rotatable bonds is 4. The van der Waals surface area contributed by atoms with Crippen molar-refractivity contribution in [2.45, 2.75) is 6.10 Å². The minimum atomic E-state index is -1.32. The number of benzene rings is 2. The van der Waals surface area contributed by atoms with Gasteiger partial charge in [0.2, 0.25) is 0 Å². The van der Waals surface area contributed by atoms with E-state index in [0.717, 1.165) is 12.1 Å². The van der Waals surface area contributed by atoms with E-state index < -0.39 is 23.8 Å². The third-order valence-corrected chi connectivity index (χ3v) is 3.52. The van der Waals surface area contributed by atoms with Crippen molar-refractivity contribution in [2.75, 3.05) is 11.9 Å². The van der Waals surface area contributed by atoms with E-state index in [1.54, 1.807) is 6.07 Å². The third-order valence-electron chi connectivity index (χ3n) is 2.95. The number of carbonyl (C=O) groups excluding carboxylic acids is 1. The van der Waals surface area contributed by atoms with Gasteiger partial charge >= 0.3 is 6.03 Å². The molecule has 0 unspecified atom stereocenters. The quantitative estimate of drug-likeness (QED) is 0.767. The maximum atomic E-state index is 13.5. The average molecular weight is 361 g/mol. The summed E-state index contributed by atoms with van der Waals surface area (Å²) in [7, 11) is 0. The van der Waals surface area contributed by atoms with Crippen LogP contribution in [-0.2, 0) is 0 Å². The molecule has 0 saturated carbocycles. The molecule has 122 valence electrons. The molecule has 8 heteroatoms. The van der Waals surface area contributed by atoms with Crippen LogP contribution in [0.15, 0.2) is 36.4 Å². The molecule has 1 atom stereocenters. The zero-order valence-corrected chi connectivity index (χ0v) is 13.1. The lowest BCUT2D eigenvalue weighted by molar-refractivity contribution is 0.170. The lowest BCUT2D eigenvalue weighted by Crippen LogP contribution is -2.32. The van der Waals surface area contributed by atoms with Crippen molar-refractivity contribution >= 4 is 34.9 Å². The zero-order valence-electron chi connectivity index (χ0n) is 11.6.